The Kier molecular flexibility index (Phi) is 3.51. The molecule has 0 heterocycles. The third kappa shape index (κ3) is 2.86. The molecule has 1 aliphatic carbocycles. The third-order valence-electron chi connectivity index (χ3n) is 3.22. The number of aryl methyl sites for hydroxylation is 1. The maximum atomic E-state index is 11.8. The van der Waals surface area contributed by atoms with E-state index in [0.29, 0.717) is 0 Å². The fourth-order valence-electron chi connectivity index (χ4n) is 1.75. The van der Waals surface area contributed by atoms with Crippen molar-refractivity contribution in [2.45, 2.75) is 30.7 Å². The number of hydrogen-bond donors (Lipinski definition) is 1. The van der Waals surface area contributed by atoms with Gasteiger partial charge in [-0.25, -0.2) is 0 Å². The van der Waals surface area contributed by atoms with E-state index in [1.165, 1.54) is 0 Å². The minimum Gasteiger partial charge on any atom is -0.327 e. The number of nitrogens with two attached hydrogens (primary N) is 1. The van der Waals surface area contributed by atoms with E-state index in [1.54, 1.807) is 24.3 Å². The molecule has 0 aromatic heterocycles. The normalized spacial score (nSPS) is 24.4. The summed E-state index contributed by atoms with van der Waals surface area (Å²) in [5, 5.41) is 0. The molecule has 0 radical (unpaired) electrons. The highest BCUT2D eigenvalue weighted by molar-refractivity contribution is 7.86. The Hall–Kier alpha value is -0.910. The van der Waals surface area contributed by atoms with E-state index in [0.717, 1.165) is 18.4 Å². The smallest absolute Gasteiger partial charge is 0.296 e. The van der Waals surface area contributed by atoms with Gasteiger partial charge in [-0.2, -0.15) is 8.42 Å². The van der Waals surface area contributed by atoms with Gasteiger partial charge in [-0.15, -0.1) is 0 Å². The van der Waals surface area contributed by atoms with Crippen molar-refractivity contribution < 1.29 is 12.6 Å². The Morgan fingerprint density at radius 2 is 1.94 bits per heavy atom. The zero-order chi connectivity index (χ0) is 12.5. The van der Waals surface area contributed by atoms with Crippen molar-refractivity contribution in [2.24, 2.45) is 11.7 Å². The minimum atomic E-state index is -3.63. The van der Waals surface area contributed by atoms with Crippen LogP contribution >= 0.6 is 0 Å². The quantitative estimate of drug-likeness (QED) is 0.826. The summed E-state index contributed by atoms with van der Waals surface area (Å²) in [6.07, 6.45) is 1.91. The first kappa shape index (κ1) is 12.5. The van der Waals surface area contributed by atoms with Crippen molar-refractivity contribution in [3.8, 4) is 0 Å². The van der Waals surface area contributed by atoms with Gasteiger partial charge in [0.1, 0.15) is 0 Å². The van der Waals surface area contributed by atoms with Crippen molar-refractivity contribution in [1.82, 2.24) is 0 Å². The monoisotopic (exact) mass is 255 g/mol. The Bertz CT molecular complexity index is 481. The van der Waals surface area contributed by atoms with Crippen LogP contribution in [0.1, 0.15) is 18.4 Å². The molecule has 2 atom stereocenters. The highest BCUT2D eigenvalue weighted by atomic mass is 32.2. The molecule has 2 rings (SSSR count). The molecule has 17 heavy (non-hydrogen) atoms. The van der Waals surface area contributed by atoms with Crippen LogP contribution in [0.2, 0.25) is 0 Å². The first-order valence-corrected chi connectivity index (χ1v) is 7.11. The lowest BCUT2D eigenvalue weighted by atomic mass is 9.81. The molecule has 0 aliphatic heterocycles. The predicted octanol–water partition coefficient (Wildman–Crippen LogP) is 1.44. The largest absolute Gasteiger partial charge is 0.327 e. The van der Waals surface area contributed by atoms with Gasteiger partial charge < -0.3 is 5.73 Å². The second kappa shape index (κ2) is 4.76. The van der Waals surface area contributed by atoms with Crippen molar-refractivity contribution in [3.63, 3.8) is 0 Å². The highest BCUT2D eigenvalue weighted by Gasteiger charge is 2.29. The Morgan fingerprint density at radius 1 is 1.29 bits per heavy atom. The molecular weight excluding hydrogens is 238 g/mol. The van der Waals surface area contributed by atoms with E-state index in [-0.39, 0.29) is 23.5 Å². The van der Waals surface area contributed by atoms with Crippen LogP contribution in [0.15, 0.2) is 29.2 Å². The summed E-state index contributed by atoms with van der Waals surface area (Å²) in [7, 11) is -3.63. The van der Waals surface area contributed by atoms with Crippen LogP contribution in [0.3, 0.4) is 0 Å². The third-order valence-corrected chi connectivity index (χ3v) is 4.52. The van der Waals surface area contributed by atoms with Gasteiger partial charge in [0.05, 0.1) is 11.5 Å². The van der Waals surface area contributed by atoms with Gasteiger partial charge in [0.2, 0.25) is 0 Å². The van der Waals surface area contributed by atoms with Gasteiger partial charge in [0.15, 0.2) is 0 Å². The van der Waals surface area contributed by atoms with Gasteiger partial charge in [-0.3, -0.25) is 4.18 Å². The Morgan fingerprint density at radius 3 is 2.41 bits per heavy atom. The second-order valence-electron chi connectivity index (χ2n) is 4.55. The number of hydrogen-bond acceptors (Lipinski definition) is 4. The molecule has 1 aromatic rings. The molecule has 0 unspecified atom stereocenters. The molecule has 1 aliphatic rings. The predicted molar refractivity (Wildman–Crippen MR) is 65.0 cm³/mol. The van der Waals surface area contributed by atoms with E-state index in [9.17, 15) is 8.42 Å². The zero-order valence-electron chi connectivity index (χ0n) is 9.80. The Balaban J connectivity index is 2.01. The summed E-state index contributed by atoms with van der Waals surface area (Å²) in [6, 6.07) is 6.72. The van der Waals surface area contributed by atoms with Gasteiger partial charge in [-0.1, -0.05) is 17.7 Å². The van der Waals surface area contributed by atoms with Crippen LogP contribution in [-0.4, -0.2) is 21.1 Å². The van der Waals surface area contributed by atoms with Crippen LogP contribution in [0, 0.1) is 12.8 Å². The molecule has 5 heteroatoms. The molecule has 1 aromatic carbocycles. The maximum absolute atomic E-state index is 11.8. The van der Waals surface area contributed by atoms with Gasteiger partial charge in [0.25, 0.3) is 10.1 Å². The fraction of sp³-hybridized carbons (Fsp3) is 0.500. The van der Waals surface area contributed by atoms with Crippen LogP contribution in [0.4, 0.5) is 0 Å². The Labute approximate surface area is 102 Å². The minimum absolute atomic E-state index is 0.0863. The molecule has 0 amide bonds. The van der Waals surface area contributed by atoms with Crippen molar-refractivity contribution in [1.29, 1.82) is 0 Å². The molecule has 0 bridgehead atoms. The van der Waals surface area contributed by atoms with Gasteiger partial charge >= 0.3 is 0 Å². The lowest BCUT2D eigenvalue weighted by Gasteiger charge is -2.32. The summed E-state index contributed by atoms with van der Waals surface area (Å²) >= 11 is 0. The van der Waals surface area contributed by atoms with E-state index in [2.05, 4.69) is 0 Å². The lowest BCUT2D eigenvalue weighted by Crippen LogP contribution is -2.42. The summed E-state index contributed by atoms with van der Waals surface area (Å²) in [4.78, 5) is 0.205. The standard InChI is InChI=1S/C12H17NO3S/c1-9-2-5-11(6-3-9)17(14,15)16-8-10-4-7-12(10)13/h2-3,5-6,10,12H,4,7-8,13H2,1H3/t10-,12+/m1/s1. The molecule has 4 nitrogen and oxygen atoms in total. The van der Waals surface area contributed by atoms with Crippen LogP contribution in [0.5, 0.6) is 0 Å². The van der Waals surface area contributed by atoms with Gasteiger partial charge in [-0.05, 0) is 37.8 Å². The van der Waals surface area contributed by atoms with Crippen molar-refractivity contribution in [3.05, 3.63) is 29.8 Å². The lowest BCUT2D eigenvalue weighted by molar-refractivity contribution is 0.157. The highest BCUT2D eigenvalue weighted by Crippen LogP contribution is 2.26. The second-order valence-corrected chi connectivity index (χ2v) is 6.17. The molecule has 0 saturated heterocycles. The molecular formula is C12H17NO3S. The van der Waals surface area contributed by atoms with Crippen LogP contribution in [-0.2, 0) is 14.3 Å². The number of benzene rings is 1. The topological polar surface area (TPSA) is 69.4 Å². The molecule has 1 saturated carbocycles. The fourth-order valence-corrected chi connectivity index (χ4v) is 2.71. The van der Waals surface area contributed by atoms with Crippen LogP contribution < -0.4 is 5.73 Å². The summed E-state index contributed by atoms with van der Waals surface area (Å²) < 4.78 is 28.7. The van der Waals surface area contributed by atoms with Crippen molar-refractivity contribution in [2.75, 3.05) is 6.61 Å². The van der Waals surface area contributed by atoms with Crippen LogP contribution in [0.25, 0.3) is 0 Å². The maximum Gasteiger partial charge on any atom is 0.296 e. The molecule has 2 N–H and O–H groups in total. The summed E-state index contributed by atoms with van der Waals surface area (Å²) in [6.45, 7) is 2.10. The molecule has 1 fully saturated rings. The van der Waals surface area contributed by atoms with Crippen molar-refractivity contribution >= 4 is 10.1 Å². The summed E-state index contributed by atoms with van der Waals surface area (Å²) in [5.74, 6) is 0.176. The van der Waals surface area contributed by atoms with Gasteiger partial charge in [0, 0.05) is 6.04 Å². The van der Waals surface area contributed by atoms with E-state index in [1.807, 2.05) is 6.92 Å². The van der Waals surface area contributed by atoms with E-state index < -0.39 is 10.1 Å². The van der Waals surface area contributed by atoms with E-state index >= 15 is 0 Å². The zero-order valence-corrected chi connectivity index (χ0v) is 10.6. The first-order chi connectivity index (χ1) is 7.99. The first-order valence-electron chi connectivity index (χ1n) is 5.71. The summed E-state index contributed by atoms with van der Waals surface area (Å²) in [5.41, 5.74) is 6.75. The molecule has 0 spiro atoms. The molecule has 94 valence electrons. The number of rotatable bonds is 4. The average molecular weight is 255 g/mol. The SMILES string of the molecule is Cc1ccc(S(=O)(=O)OC[C@H]2CC[C@@H]2N)cc1. The van der Waals surface area contributed by atoms with E-state index in [4.69, 9.17) is 9.92 Å². The average Bonchev–Trinajstić information content (AvgIpc) is 2.27.